The third kappa shape index (κ3) is 5.89. The fourth-order valence-electron chi connectivity index (χ4n) is 5.77. The maximum Gasteiger partial charge on any atom is 0.224 e. The molecule has 4 nitrogen and oxygen atoms in total. The standard InChI is InChI=1S/C30H31F3N2O2/c31-22-9-5-20(6-10-22)29(21-7-11-23(32)12-8-21)34-30(36)26-14-13-24(35-15-17-37-18-16-35)19-27(26)25-3-1-2-4-28(25)33/h1-12,24,26-27,29H,13-19H2,(H,34,36)/t24-,26+,27-/m0/s1. The van der Waals surface area contributed by atoms with Crippen molar-refractivity contribution in [1.29, 1.82) is 0 Å². The highest BCUT2D eigenvalue weighted by Gasteiger charge is 2.40. The second-order valence-electron chi connectivity index (χ2n) is 9.89. The number of benzene rings is 3. The van der Waals surface area contributed by atoms with Gasteiger partial charge in [-0.3, -0.25) is 9.69 Å². The Kier molecular flexibility index (Phi) is 7.91. The summed E-state index contributed by atoms with van der Waals surface area (Å²) in [6.07, 6.45) is 2.13. The molecular weight excluding hydrogens is 477 g/mol. The van der Waals surface area contributed by atoms with Crippen LogP contribution in [0.4, 0.5) is 13.2 Å². The van der Waals surface area contributed by atoms with Crippen molar-refractivity contribution in [2.75, 3.05) is 26.3 Å². The largest absolute Gasteiger partial charge is 0.379 e. The van der Waals surface area contributed by atoms with Gasteiger partial charge in [-0.1, -0.05) is 42.5 Å². The van der Waals surface area contributed by atoms with Gasteiger partial charge in [0.2, 0.25) is 5.91 Å². The van der Waals surface area contributed by atoms with E-state index in [1.54, 1.807) is 36.4 Å². The molecule has 0 unspecified atom stereocenters. The molecule has 0 bridgehead atoms. The minimum atomic E-state index is -0.591. The van der Waals surface area contributed by atoms with Crippen molar-refractivity contribution in [3.05, 3.63) is 107 Å². The molecule has 3 aromatic carbocycles. The molecule has 5 rings (SSSR count). The van der Waals surface area contributed by atoms with Gasteiger partial charge in [0, 0.05) is 25.0 Å². The van der Waals surface area contributed by atoms with Crippen molar-refractivity contribution >= 4 is 5.91 Å². The summed E-state index contributed by atoms with van der Waals surface area (Å²) >= 11 is 0. The predicted octanol–water partition coefficient (Wildman–Crippen LogP) is 5.59. The molecule has 1 aliphatic carbocycles. The first-order valence-electron chi connectivity index (χ1n) is 12.9. The maximum absolute atomic E-state index is 15.0. The third-order valence-electron chi connectivity index (χ3n) is 7.72. The van der Waals surface area contributed by atoms with E-state index in [1.807, 2.05) is 6.07 Å². The van der Waals surface area contributed by atoms with Crippen LogP contribution in [-0.4, -0.2) is 43.2 Å². The molecule has 0 aromatic heterocycles. The number of halogens is 3. The van der Waals surface area contributed by atoms with Gasteiger partial charge in [-0.05, 0) is 72.2 Å². The van der Waals surface area contributed by atoms with Gasteiger partial charge in [0.25, 0.3) is 0 Å². The summed E-state index contributed by atoms with van der Waals surface area (Å²) in [4.78, 5) is 16.2. The number of amides is 1. The fraction of sp³-hybridized carbons (Fsp3) is 0.367. The molecule has 1 heterocycles. The van der Waals surface area contributed by atoms with Crippen LogP contribution in [0.2, 0.25) is 0 Å². The first-order chi connectivity index (χ1) is 18.0. The van der Waals surface area contributed by atoms with Crippen LogP contribution in [0.1, 0.15) is 47.9 Å². The summed E-state index contributed by atoms with van der Waals surface area (Å²) in [7, 11) is 0. The number of ether oxygens (including phenoxy) is 1. The molecular formula is C30H31F3N2O2. The lowest BCUT2D eigenvalue weighted by atomic mass is 9.72. The van der Waals surface area contributed by atoms with Crippen molar-refractivity contribution in [3.8, 4) is 0 Å². The van der Waals surface area contributed by atoms with E-state index in [0.717, 1.165) is 19.5 Å². The summed E-state index contributed by atoms with van der Waals surface area (Å²) in [6.45, 7) is 3.04. The number of morpholine rings is 1. The Morgan fingerprint density at radius 2 is 1.43 bits per heavy atom. The Labute approximate surface area is 215 Å². The third-order valence-corrected chi connectivity index (χ3v) is 7.72. The van der Waals surface area contributed by atoms with Gasteiger partial charge in [-0.25, -0.2) is 13.2 Å². The van der Waals surface area contributed by atoms with Crippen LogP contribution in [0.25, 0.3) is 0 Å². The van der Waals surface area contributed by atoms with Crippen LogP contribution in [0.5, 0.6) is 0 Å². The Hall–Kier alpha value is -3.16. The number of carbonyl (C=O) groups is 1. The fourth-order valence-corrected chi connectivity index (χ4v) is 5.77. The van der Waals surface area contributed by atoms with Crippen LogP contribution in [0, 0.1) is 23.4 Å². The average Bonchev–Trinajstić information content (AvgIpc) is 2.93. The highest BCUT2D eigenvalue weighted by Crippen LogP contribution is 2.41. The molecule has 1 amide bonds. The molecule has 0 spiro atoms. The second-order valence-corrected chi connectivity index (χ2v) is 9.89. The SMILES string of the molecule is O=C(NC(c1ccc(F)cc1)c1ccc(F)cc1)[C@@H]1CC[C@H](N2CCOCC2)C[C@H]1c1ccccc1F. The lowest BCUT2D eigenvalue weighted by Gasteiger charge is -2.42. The molecule has 7 heteroatoms. The average molecular weight is 509 g/mol. The smallest absolute Gasteiger partial charge is 0.224 e. The zero-order chi connectivity index (χ0) is 25.8. The van der Waals surface area contributed by atoms with Crippen molar-refractivity contribution in [3.63, 3.8) is 0 Å². The van der Waals surface area contributed by atoms with E-state index in [-0.39, 0.29) is 35.3 Å². The first-order valence-corrected chi connectivity index (χ1v) is 12.9. The zero-order valence-corrected chi connectivity index (χ0v) is 20.6. The van der Waals surface area contributed by atoms with Crippen LogP contribution in [0.3, 0.4) is 0 Å². The molecule has 3 aromatic rings. The van der Waals surface area contributed by atoms with Crippen molar-refractivity contribution in [2.24, 2.45) is 5.92 Å². The van der Waals surface area contributed by atoms with Gasteiger partial charge in [0.15, 0.2) is 0 Å². The minimum absolute atomic E-state index is 0.188. The molecule has 2 aliphatic rings. The van der Waals surface area contributed by atoms with Crippen molar-refractivity contribution < 1.29 is 22.7 Å². The molecule has 37 heavy (non-hydrogen) atoms. The Balaban J connectivity index is 1.43. The lowest BCUT2D eigenvalue weighted by molar-refractivity contribution is -0.127. The van der Waals surface area contributed by atoms with Crippen molar-refractivity contribution in [1.82, 2.24) is 10.2 Å². The predicted molar refractivity (Wildman–Crippen MR) is 135 cm³/mol. The molecule has 1 saturated carbocycles. The van der Waals surface area contributed by atoms with Gasteiger partial charge in [0.1, 0.15) is 17.5 Å². The second kappa shape index (κ2) is 11.5. The Morgan fingerprint density at radius 3 is 2.03 bits per heavy atom. The van der Waals surface area contributed by atoms with Gasteiger partial charge < -0.3 is 10.1 Å². The van der Waals surface area contributed by atoms with E-state index < -0.39 is 12.0 Å². The van der Waals surface area contributed by atoms with Crippen molar-refractivity contribution in [2.45, 2.75) is 37.3 Å². The lowest BCUT2D eigenvalue weighted by Crippen LogP contribution is -2.48. The highest BCUT2D eigenvalue weighted by atomic mass is 19.1. The quantitative estimate of drug-likeness (QED) is 0.472. The molecule has 1 N–H and O–H groups in total. The van der Waals surface area contributed by atoms with E-state index in [1.165, 1.54) is 30.3 Å². The molecule has 0 radical (unpaired) electrons. The van der Waals surface area contributed by atoms with Gasteiger partial charge in [0.05, 0.1) is 19.3 Å². The van der Waals surface area contributed by atoms with Gasteiger partial charge >= 0.3 is 0 Å². The topological polar surface area (TPSA) is 41.6 Å². The van der Waals surface area contributed by atoms with Gasteiger partial charge in [-0.2, -0.15) is 0 Å². The van der Waals surface area contributed by atoms with E-state index >= 15 is 4.39 Å². The first kappa shape index (κ1) is 25.5. The van der Waals surface area contributed by atoms with Gasteiger partial charge in [-0.15, -0.1) is 0 Å². The minimum Gasteiger partial charge on any atom is -0.379 e. The summed E-state index contributed by atoms with van der Waals surface area (Å²) in [5, 5.41) is 3.13. The Morgan fingerprint density at radius 1 is 0.838 bits per heavy atom. The number of nitrogens with zero attached hydrogens (tertiary/aromatic N) is 1. The number of rotatable bonds is 6. The zero-order valence-electron chi connectivity index (χ0n) is 20.6. The van der Waals surface area contributed by atoms with E-state index in [4.69, 9.17) is 4.74 Å². The molecule has 194 valence electrons. The number of hydrogen-bond acceptors (Lipinski definition) is 3. The highest BCUT2D eigenvalue weighted by molar-refractivity contribution is 5.81. The Bertz CT molecular complexity index is 1150. The van der Waals surface area contributed by atoms with Crippen LogP contribution >= 0.6 is 0 Å². The van der Waals surface area contributed by atoms with Crippen LogP contribution in [-0.2, 0) is 9.53 Å². The molecule has 3 atom stereocenters. The molecule has 1 aliphatic heterocycles. The summed E-state index contributed by atoms with van der Waals surface area (Å²) in [6, 6.07) is 18.2. The van der Waals surface area contributed by atoms with E-state index in [2.05, 4.69) is 10.2 Å². The van der Waals surface area contributed by atoms with E-state index in [0.29, 0.717) is 42.7 Å². The molecule has 1 saturated heterocycles. The number of hydrogen-bond donors (Lipinski definition) is 1. The number of carbonyl (C=O) groups excluding carboxylic acids is 1. The summed E-state index contributed by atoms with van der Waals surface area (Å²) < 4.78 is 47.8. The summed E-state index contributed by atoms with van der Waals surface area (Å²) in [5.74, 6) is -1.97. The van der Waals surface area contributed by atoms with E-state index in [9.17, 15) is 13.6 Å². The van der Waals surface area contributed by atoms with Crippen LogP contribution in [0.15, 0.2) is 72.8 Å². The van der Waals surface area contributed by atoms with Crippen LogP contribution < -0.4 is 5.32 Å². The normalized spacial score (nSPS) is 22.6. The number of nitrogens with one attached hydrogen (secondary N) is 1. The monoisotopic (exact) mass is 508 g/mol. The maximum atomic E-state index is 15.0. The molecule has 2 fully saturated rings. The summed E-state index contributed by atoms with van der Waals surface area (Å²) in [5.41, 5.74) is 1.93.